The molecule has 0 radical (unpaired) electrons. The lowest BCUT2D eigenvalue weighted by Gasteiger charge is -2.29. The molecule has 1 atom stereocenters. The van der Waals surface area contributed by atoms with Crippen LogP contribution in [-0.2, 0) is 6.42 Å². The quantitative estimate of drug-likeness (QED) is 0.712. The van der Waals surface area contributed by atoms with Crippen molar-refractivity contribution < 1.29 is 10.2 Å². The van der Waals surface area contributed by atoms with Crippen LogP contribution in [0.1, 0.15) is 37.4 Å². The Bertz CT molecular complexity index is 430. The number of rotatable bonds is 5. The fourth-order valence-electron chi connectivity index (χ4n) is 2.78. The second-order valence-electron chi connectivity index (χ2n) is 5.11. The molecule has 4 heteroatoms. The topological polar surface area (TPSA) is 55.7 Å². The fraction of sp³-hybridized carbons (Fsp3) is 0.600. The Balaban J connectivity index is 2.11. The molecule has 2 rings (SSSR count). The average Bonchev–Trinajstić information content (AvgIpc) is 2.41. The van der Waals surface area contributed by atoms with Crippen molar-refractivity contribution in [3.05, 3.63) is 23.3 Å². The van der Waals surface area contributed by atoms with Crippen molar-refractivity contribution in [2.75, 3.05) is 26.2 Å². The summed E-state index contributed by atoms with van der Waals surface area (Å²) < 4.78 is 0. The predicted molar refractivity (Wildman–Crippen MR) is 76.6 cm³/mol. The van der Waals surface area contributed by atoms with E-state index in [9.17, 15) is 10.2 Å². The van der Waals surface area contributed by atoms with Crippen molar-refractivity contribution in [2.45, 2.75) is 32.7 Å². The van der Waals surface area contributed by atoms with Crippen LogP contribution >= 0.6 is 0 Å². The number of hydrogen-bond acceptors (Lipinski definition) is 4. The van der Waals surface area contributed by atoms with Gasteiger partial charge in [-0.2, -0.15) is 0 Å². The zero-order valence-corrected chi connectivity index (χ0v) is 11.8. The van der Waals surface area contributed by atoms with E-state index in [0.717, 1.165) is 50.1 Å². The van der Waals surface area contributed by atoms with Crippen LogP contribution < -0.4 is 5.32 Å². The predicted octanol–water partition coefficient (Wildman–Crippen LogP) is 2.02. The molecule has 1 aliphatic rings. The summed E-state index contributed by atoms with van der Waals surface area (Å²) in [6.45, 7) is 8.46. The van der Waals surface area contributed by atoms with Crippen LogP contribution in [0.15, 0.2) is 12.1 Å². The van der Waals surface area contributed by atoms with Gasteiger partial charge in [0.05, 0.1) is 0 Å². The molecule has 1 heterocycles. The third-order valence-electron chi connectivity index (χ3n) is 4.03. The van der Waals surface area contributed by atoms with Gasteiger partial charge in [0.25, 0.3) is 0 Å². The van der Waals surface area contributed by atoms with E-state index in [4.69, 9.17) is 0 Å². The lowest BCUT2D eigenvalue weighted by molar-refractivity contribution is 0.279. The molecule has 1 unspecified atom stereocenters. The van der Waals surface area contributed by atoms with Gasteiger partial charge in [-0.3, -0.25) is 0 Å². The third kappa shape index (κ3) is 3.19. The van der Waals surface area contributed by atoms with Crippen molar-refractivity contribution in [3.63, 3.8) is 0 Å². The SMILES string of the molecule is CCN(CC)CCC1NCCc2cc(O)c(O)cc21. The van der Waals surface area contributed by atoms with E-state index in [2.05, 4.69) is 24.1 Å². The number of aromatic hydroxyl groups is 2. The van der Waals surface area contributed by atoms with Crippen LogP contribution in [0.25, 0.3) is 0 Å². The molecule has 4 nitrogen and oxygen atoms in total. The zero-order chi connectivity index (χ0) is 13.8. The first kappa shape index (κ1) is 14.2. The van der Waals surface area contributed by atoms with Crippen LogP contribution in [0.2, 0.25) is 0 Å². The van der Waals surface area contributed by atoms with Crippen molar-refractivity contribution in [3.8, 4) is 11.5 Å². The summed E-state index contributed by atoms with van der Waals surface area (Å²) in [4.78, 5) is 2.40. The third-order valence-corrected chi connectivity index (χ3v) is 4.03. The minimum atomic E-state index is -0.0183. The lowest BCUT2D eigenvalue weighted by atomic mass is 9.91. The van der Waals surface area contributed by atoms with Crippen molar-refractivity contribution >= 4 is 0 Å². The van der Waals surface area contributed by atoms with Gasteiger partial charge in [0.1, 0.15) is 0 Å². The van der Waals surface area contributed by atoms with Gasteiger partial charge < -0.3 is 20.4 Å². The highest BCUT2D eigenvalue weighted by Crippen LogP contribution is 2.34. The molecule has 1 aromatic rings. The molecule has 0 bridgehead atoms. The molecule has 0 amide bonds. The molecule has 106 valence electrons. The number of benzene rings is 1. The minimum Gasteiger partial charge on any atom is -0.504 e. The van der Waals surface area contributed by atoms with Gasteiger partial charge in [-0.25, -0.2) is 0 Å². The molecular formula is C15H24N2O2. The summed E-state index contributed by atoms with van der Waals surface area (Å²) in [6.07, 6.45) is 1.93. The summed E-state index contributed by atoms with van der Waals surface area (Å²) in [5.41, 5.74) is 2.28. The number of phenols is 2. The first-order valence-electron chi connectivity index (χ1n) is 7.16. The molecule has 1 aromatic carbocycles. The second kappa shape index (κ2) is 6.26. The summed E-state index contributed by atoms with van der Waals surface area (Å²) in [5, 5.41) is 22.8. The largest absolute Gasteiger partial charge is 0.504 e. The van der Waals surface area contributed by atoms with E-state index in [1.807, 2.05) is 0 Å². The van der Waals surface area contributed by atoms with E-state index in [0.29, 0.717) is 0 Å². The molecule has 3 N–H and O–H groups in total. The molecule has 0 spiro atoms. The van der Waals surface area contributed by atoms with Crippen LogP contribution in [0, 0.1) is 0 Å². The smallest absolute Gasteiger partial charge is 0.157 e. The van der Waals surface area contributed by atoms with Crippen LogP contribution in [0.4, 0.5) is 0 Å². The average molecular weight is 264 g/mol. The van der Waals surface area contributed by atoms with Gasteiger partial charge in [0.2, 0.25) is 0 Å². The van der Waals surface area contributed by atoms with Crippen molar-refractivity contribution in [1.82, 2.24) is 10.2 Å². The van der Waals surface area contributed by atoms with Gasteiger partial charge >= 0.3 is 0 Å². The van der Waals surface area contributed by atoms with Gasteiger partial charge in [0.15, 0.2) is 11.5 Å². The monoisotopic (exact) mass is 264 g/mol. The summed E-state index contributed by atoms with van der Waals surface area (Å²) >= 11 is 0. The first-order valence-corrected chi connectivity index (χ1v) is 7.16. The number of hydrogen-bond donors (Lipinski definition) is 3. The van der Waals surface area contributed by atoms with Gasteiger partial charge in [0, 0.05) is 6.04 Å². The van der Waals surface area contributed by atoms with E-state index in [1.54, 1.807) is 12.1 Å². The highest BCUT2D eigenvalue weighted by molar-refractivity contribution is 5.47. The Morgan fingerprint density at radius 2 is 1.89 bits per heavy atom. The summed E-state index contributed by atoms with van der Waals surface area (Å²) in [7, 11) is 0. The highest BCUT2D eigenvalue weighted by Gasteiger charge is 2.21. The lowest BCUT2D eigenvalue weighted by Crippen LogP contribution is -2.33. The molecule has 1 aliphatic heterocycles. The standard InChI is InChI=1S/C15H24N2O2/c1-3-17(4-2)8-6-13-12-10-15(19)14(18)9-11(12)5-7-16-13/h9-10,13,16,18-19H,3-8H2,1-2H3. The van der Waals surface area contributed by atoms with E-state index >= 15 is 0 Å². The number of nitrogens with one attached hydrogen (secondary N) is 1. The van der Waals surface area contributed by atoms with Crippen LogP contribution in [0.5, 0.6) is 11.5 Å². The van der Waals surface area contributed by atoms with E-state index in [-0.39, 0.29) is 17.5 Å². The van der Waals surface area contributed by atoms with Gasteiger partial charge in [-0.15, -0.1) is 0 Å². The first-order chi connectivity index (χ1) is 9.15. The Morgan fingerprint density at radius 1 is 1.21 bits per heavy atom. The number of nitrogens with zero attached hydrogens (tertiary/aromatic N) is 1. The number of fused-ring (bicyclic) bond motifs is 1. The van der Waals surface area contributed by atoms with Crippen molar-refractivity contribution in [1.29, 1.82) is 0 Å². The van der Waals surface area contributed by atoms with Gasteiger partial charge in [-0.05, 0) is 62.3 Å². The molecule has 0 saturated heterocycles. The zero-order valence-electron chi connectivity index (χ0n) is 11.8. The summed E-state index contributed by atoms with van der Waals surface area (Å²) in [5.74, 6) is -0.0292. The molecular weight excluding hydrogens is 240 g/mol. The molecule has 0 saturated carbocycles. The molecule has 19 heavy (non-hydrogen) atoms. The highest BCUT2D eigenvalue weighted by atomic mass is 16.3. The van der Waals surface area contributed by atoms with Crippen molar-refractivity contribution in [2.24, 2.45) is 0 Å². The second-order valence-corrected chi connectivity index (χ2v) is 5.11. The molecule has 0 aromatic heterocycles. The Kier molecular flexibility index (Phi) is 4.66. The summed E-state index contributed by atoms with van der Waals surface area (Å²) in [6, 6.07) is 3.69. The Morgan fingerprint density at radius 3 is 2.58 bits per heavy atom. The maximum atomic E-state index is 9.67. The van der Waals surface area contributed by atoms with Crippen LogP contribution in [0.3, 0.4) is 0 Å². The Hall–Kier alpha value is -1.26. The number of phenolic OH excluding ortho intramolecular Hbond substituents is 2. The van der Waals surface area contributed by atoms with Crippen LogP contribution in [-0.4, -0.2) is 41.3 Å². The van der Waals surface area contributed by atoms with E-state index in [1.165, 1.54) is 0 Å². The maximum absolute atomic E-state index is 9.67. The van der Waals surface area contributed by atoms with E-state index < -0.39 is 0 Å². The normalized spacial score (nSPS) is 18.6. The molecule has 0 fully saturated rings. The van der Waals surface area contributed by atoms with Gasteiger partial charge in [-0.1, -0.05) is 13.8 Å². The minimum absolute atomic E-state index is 0.0110. The fourth-order valence-corrected chi connectivity index (χ4v) is 2.78. The maximum Gasteiger partial charge on any atom is 0.157 e. The molecule has 0 aliphatic carbocycles. The Labute approximate surface area is 115 Å².